The first kappa shape index (κ1) is 28.3. The summed E-state index contributed by atoms with van der Waals surface area (Å²) in [4.78, 5) is 59.7. The molecule has 0 aromatic heterocycles. The maximum absolute atomic E-state index is 9.99. The van der Waals surface area contributed by atoms with Gasteiger partial charge in [0.1, 0.15) is 17.3 Å². The van der Waals surface area contributed by atoms with Crippen LogP contribution in [0.25, 0.3) is 0 Å². The number of rotatable bonds is 6. The molecule has 0 N–H and O–H groups in total. The van der Waals surface area contributed by atoms with Crippen molar-refractivity contribution in [1.82, 2.24) is 0 Å². The first-order valence-electron chi connectivity index (χ1n) is 5.91. The summed E-state index contributed by atoms with van der Waals surface area (Å²) in [5.41, 5.74) is 0. The van der Waals surface area contributed by atoms with Gasteiger partial charge in [-0.2, -0.15) is 0 Å². The molecule has 0 aliphatic rings. The van der Waals surface area contributed by atoms with Crippen molar-refractivity contribution < 1.29 is 46.1 Å². The Morgan fingerprint density at radius 2 is 0.682 bits per heavy atom. The Morgan fingerprint density at radius 1 is 0.545 bits per heavy atom. The van der Waals surface area contributed by atoms with Crippen molar-refractivity contribution >= 4 is 34.7 Å². The average Bonchev–Trinajstić information content (AvgIpc) is 2.10. The van der Waals surface area contributed by atoms with E-state index in [4.69, 9.17) is 0 Å². The number of hydrogen-bond donors (Lipinski definition) is 0. The Morgan fingerprint density at radius 3 is 0.682 bits per heavy atom. The normalized spacial score (nSPS) is 7.77. The molecule has 0 saturated heterocycles. The average molecular weight is 349 g/mol. The van der Waals surface area contributed by atoms with Crippen LogP contribution in [0.5, 0.6) is 0 Å². The van der Waals surface area contributed by atoms with Gasteiger partial charge in [-0.3, -0.25) is 14.4 Å². The molecule has 1 radical (unpaired) electrons. The van der Waals surface area contributed by atoms with Gasteiger partial charge in [0.25, 0.3) is 0 Å². The van der Waals surface area contributed by atoms with E-state index in [1.165, 1.54) is 20.8 Å². The van der Waals surface area contributed by atoms with Crippen molar-refractivity contribution in [3.8, 4) is 0 Å². The van der Waals surface area contributed by atoms with E-state index in [2.05, 4.69) is 20.8 Å². The van der Waals surface area contributed by atoms with E-state index in [-0.39, 0.29) is 71.3 Å². The number of ketones is 6. The zero-order valence-electron chi connectivity index (χ0n) is 13.1. The number of carbonyl (C=O) groups excluding carboxylic acids is 6. The fourth-order valence-electron chi connectivity index (χ4n) is 0.833. The molecular weight excluding hydrogens is 328 g/mol. The van der Waals surface area contributed by atoms with E-state index in [1.807, 2.05) is 0 Å². The number of hydrogen-bond acceptors (Lipinski definition) is 6. The van der Waals surface area contributed by atoms with Gasteiger partial charge >= 0.3 is 17.4 Å². The first-order chi connectivity index (χ1) is 9.38. The van der Waals surface area contributed by atoms with Crippen molar-refractivity contribution in [2.24, 2.45) is 0 Å². The maximum Gasteiger partial charge on any atom is 3.00 e. The van der Waals surface area contributed by atoms with Gasteiger partial charge < -0.3 is 35.2 Å². The molecule has 0 unspecified atom stereocenters. The predicted molar refractivity (Wildman–Crippen MR) is 77.0 cm³/mol. The minimum Gasteiger partial charge on any atom is -0.339 e. The summed E-state index contributed by atoms with van der Waals surface area (Å²) in [5, 5.41) is 0. The Balaban J connectivity index is -0.000000108. The second kappa shape index (κ2) is 17.2. The van der Waals surface area contributed by atoms with Crippen molar-refractivity contribution in [2.45, 2.75) is 40.0 Å². The third-order valence-electron chi connectivity index (χ3n) is 1.34. The molecule has 22 heavy (non-hydrogen) atoms. The Kier molecular flexibility index (Phi) is 22.2. The Hall–Kier alpha value is -1.84. The molecule has 0 atom stereocenters. The second-order valence-electron chi connectivity index (χ2n) is 4.25. The molecular formula is C15H21CrO6. The van der Waals surface area contributed by atoms with Gasteiger partial charge in [-0.25, -0.2) is 0 Å². The monoisotopic (exact) mass is 349 g/mol. The van der Waals surface area contributed by atoms with Crippen LogP contribution in [-0.2, 0) is 46.1 Å². The van der Waals surface area contributed by atoms with Crippen molar-refractivity contribution in [3.05, 3.63) is 20.8 Å². The molecule has 0 heterocycles. The van der Waals surface area contributed by atoms with Crippen LogP contribution in [0.2, 0.25) is 0 Å². The van der Waals surface area contributed by atoms with Crippen LogP contribution in [0.15, 0.2) is 0 Å². The van der Waals surface area contributed by atoms with E-state index < -0.39 is 0 Å². The van der Waals surface area contributed by atoms with Crippen molar-refractivity contribution in [2.75, 3.05) is 0 Å². The van der Waals surface area contributed by atoms with Gasteiger partial charge in [0.15, 0.2) is 0 Å². The summed E-state index contributed by atoms with van der Waals surface area (Å²) in [6.07, 6.45) is -0.0833. The minimum absolute atomic E-state index is 0. The first-order valence-corrected chi connectivity index (χ1v) is 5.91. The molecule has 6 nitrogen and oxygen atoms in total. The molecule has 0 aliphatic heterocycles. The third-order valence-corrected chi connectivity index (χ3v) is 1.34. The second-order valence-corrected chi connectivity index (χ2v) is 4.25. The van der Waals surface area contributed by atoms with Crippen LogP contribution in [-0.4, -0.2) is 34.7 Å². The van der Waals surface area contributed by atoms with Gasteiger partial charge in [-0.05, 0) is 20.8 Å². The predicted octanol–water partition coefficient (Wildman–Crippen LogP) is 1.10. The van der Waals surface area contributed by atoms with E-state index >= 15 is 0 Å². The molecule has 7 heteroatoms. The third kappa shape index (κ3) is 51.8. The molecule has 0 rings (SSSR count). The summed E-state index contributed by atoms with van der Waals surface area (Å²) in [6.45, 7) is 13.1. The topological polar surface area (TPSA) is 102 Å². The molecule has 0 amide bonds. The summed E-state index contributed by atoms with van der Waals surface area (Å²) >= 11 is 0. The molecule has 123 valence electrons. The Labute approximate surface area is 142 Å². The molecule has 0 aromatic rings. The van der Waals surface area contributed by atoms with Gasteiger partial charge in [0, 0.05) is 36.6 Å². The quantitative estimate of drug-likeness (QED) is 0.526. The fourth-order valence-corrected chi connectivity index (χ4v) is 0.833. The van der Waals surface area contributed by atoms with Crippen molar-refractivity contribution in [3.63, 3.8) is 0 Å². The summed E-state index contributed by atoms with van der Waals surface area (Å²) in [5.74, 6) is -1.31. The fraction of sp³-hybridized carbons (Fsp3) is 0.400. The zero-order valence-corrected chi connectivity index (χ0v) is 14.4. The summed E-state index contributed by atoms with van der Waals surface area (Å²) < 4.78 is 0. The van der Waals surface area contributed by atoms with Crippen LogP contribution >= 0.6 is 0 Å². The molecule has 0 saturated carbocycles. The van der Waals surface area contributed by atoms with Crippen LogP contribution in [0.1, 0.15) is 40.0 Å². The van der Waals surface area contributed by atoms with Gasteiger partial charge in [0.05, 0.1) is 0 Å². The van der Waals surface area contributed by atoms with Crippen LogP contribution in [0, 0.1) is 20.8 Å². The van der Waals surface area contributed by atoms with E-state index in [1.54, 1.807) is 0 Å². The van der Waals surface area contributed by atoms with Crippen LogP contribution in [0.3, 0.4) is 0 Å². The molecule has 0 aliphatic carbocycles. The van der Waals surface area contributed by atoms with E-state index in [9.17, 15) is 28.8 Å². The standard InChI is InChI=1S/3C5H7O2.Cr/c3*1-4(6)3-5(2)7;/h3*1,3H2,2H3;/q3*-1;+3. The molecule has 0 aromatic carbocycles. The van der Waals surface area contributed by atoms with Gasteiger partial charge in [-0.1, -0.05) is 0 Å². The maximum atomic E-state index is 9.99. The Bertz CT molecular complexity index is 314. The molecule has 0 fully saturated rings. The zero-order chi connectivity index (χ0) is 17.6. The minimum atomic E-state index is -0.312. The van der Waals surface area contributed by atoms with E-state index in [0.717, 1.165) is 0 Å². The van der Waals surface area contributed by atoms with Crippen LogP contribution in [0.4, 0.5) is 0 Å². The number of Topliss-reactive ketones (excluding diaryl/α,β-unsaturated/α-hetero) is 6. The van der Waals surface area contributed by atoms with Gasteiger partial charge in [0.2, 0.25) is 0 Å². The van der Waals surface area contributed by atoms with Crippen LogP contribution < -0.4 is 0 Å². The molecule has 0 bridgehead atoms. The SMILES string of the molecule is [CH2-]C(=O)CC(C)=O.[CH2-]C(=O)CC(C)=O.[CH2-]C(=O)CC(C)=O.[Cr+3]. The number of carbonyl (C=O) groups is 6. The van der Waals surface area contributed by atoms with Gasteiger partial charge in [-0.15, -0.1) is 0 Å². The van der Waals surface area contributed by atoms with Crippen molar-refractivity contribution in [1.29, 1.82) is 0 Å². The molecule has 0 spiro atoms. The largest absolute Gasteiger partial charge is 3.00 e. The summed E-state index contributed by atoms with van der Waals surface area (Å²) in [6, 6.07) is 0. The summed E-state index contributed by atoms with van der Waals surface area (Å²) in [7, 11) is 0. The van der Waals surface area contributed by atoms with E-state index in [0.29, 0.717) is 0 Å². The smallest absolute Gasteiger partial charge is 0.339 e.